The lowest BCUT2D eigenvalue weighted by Crippen LogP contribution is -2.13. The van der Waals surface area contributed by atoms with Gasteiger partial charge in [0.15, 0.2) is 5.82 Å². The number of aryl methyl sites for hydroxylation is 1. The van der Waals surface area contributed by atoms with Crippen molar-refractivity contribution in [1.29, 1.82) is 0 Å². The van der Waals surface area contributed by atoms with Crippen LogP contribution in [0.25, 0.3) is 0 Å². The Labute approximate surface area is 138 Å². The number of carboxylic acids is 1. The van der Waals surface area contributed by atoms with Crippen molar-refractivity contribution in [2.75, 3.05) is 12.4 Å². The maximum Gasteiger partial charge on any atom is 0.335 e. The average Bonchev–Trinajstić information content (AvgIpc) is 3.02. The molecule has 0 saturated heterocycles. The highest BCUT2D eigenvalue weighted by molar-refractivity contribution is 5.94. The smallest absolute Gasteiger partial charge is 0.335 e. The fourth-order valence-electron chi connectivity index (χ4n) is 1.96. The van der Waals surface area contributed by atoms with E-state index in [9.17, 15) is 9.59 Å². The molecule has 0 aliphatic rings. The molecule has 2 N–H and O–H groups in total. The van der Waals surface area contributed by atoms with Gasteiger partial charge in [0.05, 0.1) is 18.4 Å². The van der Waals surface area contributed by atoms with Crippen molar-refractivity contribution in [2.24, 2.45) is 0 Å². The van der Waals surface area contributed by atoms with Crippen LogP contribution in [0.5, 0.6) is 5.75 Å². The lowest BCUT2D eigenvalue weighted by Gasteiger charge is -2.10. The second kappa shape index (κ2) is 7.58. The van der Waals surface area contributed by atoms with E-state index in [1.54, 1.807) is 0 Å². The molecular formula is C16H19N3O5. The number of methoxy groups -OCH3 is 1. The van der Waals surface area contributed by atoms with Crippen molar-refractivity contribution < 1.29 is 24.0 Å². The summed E-state index contributed by atoms with van der Waals surface area (Å²) in [6.07, 6.45) is 0.477. The standard InChI is InChI=1S/C16H19N3O5/c1-9(2)15-18-14(24-19-15)7-6-13(20)17-11-5-4-10(16(21)22)8-12(11)23-3/h4-5,8-9H,6-7H2,1-3H3,(H,17,20)(H,21,22). The zero-order valence-electron chi connectivity index (χ0n) is 13.7. The summed E-state index contributed by atoms with van der Waals surface area (Å²) in [5, 5.41) is 15.5. The van der Waals surface area contributed by atoms with Crippen LogP contribution in [0.1, 0.15) is 48.3 Å². The summed E-state index contributed by atoms with van der Waals surface area (Å²) >= 11 is 0. The number of benzene rings is 1. The summed E-state index contributed by atoms with van der Waals surface area (Å²) < 4.78 is 10.2. The second-order valence-electron chi connectivity index (χ2n) is 5.47. The van der Waals surface area contributed by atoms with Gasteiger partial charge in [-0.3, -0.25) is 4.79 Å². The summed E-state index contributed by atoms with van der Waals surface area (Å²) in [7, 11) is 1.41. The number of carbonyl (C=O) groups is 2. The van der Waals surface area contributed by atoms with Crippen molar-refractivity contribution in [1.82, 2.24) is 10.1 Å². The number of ether oxygens (including phenoxy) is 1. The quantitative estimate of drug-likeness (QED) is 0.799. The van der Waals surface area contributed by atoms with E-state index in [2.05, 4.69) is 15.5 Å². The number of amides is 1. The van der Waals surface area contributed by atoms with Crippen molar-refractivity contribution in [2.45, 2.75) is 32.6 Å². The lowest BCUT2D eigenvalue weighted by atomic mass is 10.2. The summed E-state index contributed by atoms with van der Waals surface area (Å²) in [6, 6.07) is 4.24. The molecule has 1 aromatic heterocycles. The van der Waals surface area contributed by atoms with Crippen LogP contribution in [0.2, 0.25) is 0 Å². The minimum absolute atomic E-state index is 0.0805. The van der Waals surface area contributed by atoms with Crippen LogP contribution in [0.3, 0.4) is 0 Å². The molecule has 0 aliphatic carbocycles. The number of anilines is 1. The van der Waals surface area contributed by atoms with Crippen LogP contribution in [0, 0.1) is 0 Å². The van der Waals surface area contributed by atoms with Crippen molar-refractivity contribution in [3.8, 4) is 5.75 Å². The number of carboxylic acid groups (broad SMARTS) is 1. The van der Waals surface area contributed by atoms with E-state index >= 15 is 0 Å². The van der Waals surface area contributed by atoms with Gasteiger partial charge in [-0.2, -0.15) is 4.98 Å². The topological polar surface area (TPSA) is 115 Å². The molecular weight excluding hydrogens is 314 g/mol. The highest BCUT2D eigenvalue weighted by Gasteiger charge is 2.14. The van der Waals surface area contributed by atoms with Gasteiger partial charge in [-0.05, 0) is 18.2 Å². The first-order valence-corrected chi connectivity index (χ1v) is 7.44. The van der Waals surface area contributed by atoms with Gasteiger partial charge in [0, 0.05) is 18.8 Å². The Morgan fingerprint density at radius 3 is 2.71 bits per heavy atom. The number of aromatic nitrogens is 2. The predicted octanol–water partition coefficient (Wildman–Crippen LogP) is 2.47. The van der Waals surface area contributed by atoms with Gasteiger partial charge in [0.25, 0.3) is 0 Å². The zero-order valence-corrected chi connectivity index (χ0v) is 13.7. The molecule has 8 nitrogen and oxygen atoms in total. The molecule has 1 aromatic carbocycles. The van der Waals surface area contributed by atoms with Crippen LogP contribution in [0.4, 0.5) is 5.69 Å². The van der Waals surface area contributed by atoms with Gasteiger partial charge < -0.3 is 19.7 Å². The van der Waals surface area contributed by atoms with Crippen molar-refractivity contribution in [3.63, 3.8) is 0 Å². The monoisotopic (exact) mass is 333 g/mol. The van der Waals surface area contributed by atoms with Gasteiger partial charge in [-0.25, -0.2) is 4.79 Å². The van der Waals surface area contributed by atoms with E-state index < -0.39 is 5.97 Å². The molecule has 0 spiro atoms. The molecule has 8 heteroatoms. The van der Waals surface area contributed by atoms with Crippen molar-refractivity contribution >= 4 is 17.6 Å². The molecule has 0 atom stereocenters. The Bertz CT molecular complexity index is 739. The average molecular weight is 333 g/mol. The molecule has 0 aliphatic heterocycles. The Balaban J connectivity index is 1.97. The van der Waals surface area contributed by atoms with Gasteiger partial charge in [0.1, 0.15) is 5.75 Å². The zero-order chi connectivity index (χ0) is 17.7. The van der Waals surface area contributed by atoms with E-state index in [1.165, 1.54) is 25.3 Å². The molecule has 0 bridgehead atoms. The Hall–Kier alpha value is -2.90. The minimum Gasteiger partial charge on any atom is -0.495 e. The van der Waals surface area contributed by atoms with E-state index in [0.717, 1.165) is 0 Å². The van der Waals surface area contributed by atoms with E-state index in [4.69, 9.17) is 14.4 Å². The number of hydrogen-bond acceptors (Lipinski definition) is 6. The predicted molar refractivity (Wildman–Crippen MR) is 85.3 cm³/mol. The second-order valence-corrected chi connectivity index (χ2v) is 5.47. The fourth-order valence-corrected chi connectivity index (χ4v) is 1.96. The highest BCUT2D eigenvalue weighted by Crippen LogP contribution is 2.26. The van der Waals surface area contributed by atoms with Gasteiger partial charge in [-0.15, -0.1) is 0 Å². The van der Waals surface area contributed by atoms with E-state index in [0.29, 0.717) is 23.8 Å². The van der Waals surface area contributed by atoms with Crippen LogP contribution < -0.4 is 10.1 Å². The molecule has 0 unspecified atom stereocenters. The molecule has 128 valence electrons. The summed E-state index contributed by atoms with van der Waals surface area (Å²) in [5.41, 5.74) is 0.484. The number of nitrogens with zero attached hydrogens (tertiary/aromatic N) is 2. The molecule has 1 heterocycles. The van der Waals surface area contributed by atoms with Crippen LogP contribution in [0.15, 0.2) is 22.7 Å². The lowest BCUT2D eigenvalue weighted by molar-refractivity contribution is -0.116. The van der Waals surface area contributed by atoms with E-state index in [-0.39, 0.29) is 29.6 Å². The minimum atomic E-state index is -1.07. The normalized spacial score (nSPS) is 10.7. The molecule has 0 saturated carbocycles. The van der Waals surface area contributed by atoms with Crippen LogP contribution >= 0.6 is 0 Å². The molecule has 0 radical (unpaired) electrons. The molecule has 2 aromatic rings. The number of hydrogen-bond donors (Lipinski definition) is 2. The third-order valence-electron chi connectivity index (χ3n) is 3.29. The maximum atomic E-state index is 12.0. The molecule has 2 rings (SSSR count). The molecule has 1 amide bonds. The Kier molecular flexibility index (Phi) is 5.51. The maximum absolute atomic E-state index is 12.0. The largest absolute Gasteiger partial charge is 0.495 e. The summed E-state index contributed by atoms with van der Waals surface area (Å²) in [6.45, 7) is 3.91. The number of nitrogens with one attached hydrogen (secondary N) is 1. The Morgan fingerprint density at radius 2 is 2.12 bits per heavy atom. The SMILES string of the molecule is COc1cc(C(=O)O)ccc1NC(=O)CCc1nc(C(C)C)no1. The summed E-state index contributed by atoms with van der Waals surface area (Å²) in [4.78, 5) is 27.2. The first kappa shape index (κ1) is 17.5. The van der Waals surface area contributed by atoms with E-state index in [1.807, 2.05) is 13.8 Å². The first-order valence-electron chi connectivity index (χ1n) is 7.44. The third-order valence-corrected chi connectivity index (χ3v) is 3.29. The fraction of sp³-hybridized carbons (Fsp3) is 0.375. The first-order chi connectivity index (χ1) is 11.4. The highest BCUT2D eigenvalue weighted by atomic mass is 16.5. The Morgan fingerprint density at radius 1 is 1.38 bits per heavy atom. The number of rotatable bonds is 7. The van der Waals surface area contributed by atoms with Crippen LogP contribution in [-0.4, -0.2) is 34.2 Å². The molecule has 0 fully saturated rings. The van der Waals surface area contributed by atoms with Gasteiger partial charge >= 0.3 is 5.97 Å². The third kappa shape index (κ3) is 4.31. The summed E-state index contributed by atoms with van der Waals surface area (Å²) in [5.74, 6) is 0.124. The number of carbonyl (C=O) groups excluding carboxylic acids is 1. The molecule has 24 heavy (non-hydrogen) atoms. The van der Waals surface area contributed by atoms with Crippen molar-refractivity contribution in [3.05, 3.63) is 35.5 Å². The van der Waals surface area contributed by atoms with Crippen LogP contribution in [-0.2, 0) is 11.2 Å². The van der Waals surface area contributed by atoms with Gasteiger partial charge in [0.2, 0.25) is 11.8 Å². The number of aromatic carboxylic acids is 1. The van der Waals surface area contributed by atoms with Gasteiger partial charge in [-0.1, -0.05) is 19.0 Å².